The van der Waals surface area contributed by atoms with Crippen LogP contribution >= 0.6 is 11.6 Å². The molecular formula is C19H15ClN2O3. The van der Waals surface area contributed by atoms with Crippen LogP contribution in [0.4, 0.5) is 10.5 Å². The third kappa shape index (κ3) is 3.41. The summed E-state index contributed by atoms with van der Waals surface area (Å²) >= 11 is 5.97. The summed E-state index contributed by atoms with van der Waals surface area (Å²) in [6, 6.07) is 14.9. The minimum atomic E-state index is -0.733. The number of urea groups is 1. The molecule has 6 heteroatoms. The molecule has 3 rings (SSSR count). The number of rotatable bonds is 2. The summed E-state index contributed by atoms with van der Waals surface area (Å²) < 4.78 is 0. The number of carbonyl (C=O) groups is 2. The van der Waals surface area contributed by atoms with Gasteiger partial charge in [-0.1, -0.05) is 48.0 Å². The molecule has 0 fully saturated rings. The Hall–Kier alpha value is -3.05. The fourth-order valence-corrected chi connectivity index (χ4v) is 2.76. The number of para-hydroxylation sites is 1. The normalized spacial score (nSPS) is 10.5. The van der Waals surface area contributed by atoms with Crippen LogP contribution in [0.3, 0.4) is 0 Å². The molecule has 3 N–H and O–H groups in total. The second-order valence-corrected chi connectivity index (χ2v) is 5.91. The number of aryl methyl sites for hydroxylation is 1. The third-order valence-electron chi connectivity index (χ3n) is 3.87. The Morgan fingerprint density at radius 3 is 2.48 bits per heavy atom. The number of hydrogen-bond donors (Lipinski definition) is 3. The molecule has 0 aliphatic carbocycles. The zero-order valence-electron chi connectivity index (χ0n) is 13.3. The number of fused-ring (bicyclic) bond motifs is 1. The number of amides is 3. The van der Waals surface area contributed by atoms with Crippen LogP contribution in [0.5, 0.6) is 5.75 Å². The molecule has 0 heterocycles. The Morgan fingerprint density at radius 1 is 1.04 bits per heavy atom. The second-order valence-electron chi connectivity index (χ2n) is 5.51. The predicted molar refractivity (Wildman–Crippen MR) is 98.3 cm³/mol. The molecule has 0 unspecified atom stereocenters. The average Bonchev–Trinajstić information content (AvgIpc) is 2.60. The first-order valence-corrected chi connectivity index (χ1v) is 7.93. The average molecular weight is 355 g/mol. The van der Waals surface area contributed by atoms with E-state index in [1.165, 1.54) is 0 Å². The van der Waals surface area contributed by atoms with Crippen molar-refractivity contribution in [3.05, 3.63) is 70.7 Å². The van der Waals surface area contributed by atoms with Crippen molar-refractivity contribution in [3.63, 3.8) is 0 Å². The molecule has 0 aromatic heterocycles. The molecule has 3 aromatic carbocycles. The summed E-state index contributed by atoms with van der Waals surface area (Å²) in [5, 5.41) is 17.0. The van der Waals surface area contributed by atoms with E-state index in [9.17, 15) is 14.7 Å². The van der Waals surface area contributed by atoms with E-state index in [-0.39, 0.29) is 11.3 Å². The number of phenolic OH excluding ortho intramolecular Hbond substituents is 1. The van der Waals surface area contributed by atoms with E-state index in [1.54, 1.807) is 37.3 Å². The van der Waals surface area contributed by atoms with Crippen molar-refractivity contribution in [2.75, 3.05) is 5.32 Å². The number of carbonyl (C=O) groups excluding carboxylic acids is 2. The van der Waals surface area contributed by atoms with Crippen LogP contribution in [0, 0.1) is 6.92 Å². The number of imide groups is 1. The SMILES string of the molecule is Cc1c(O)c(C(=O)NC(=O)Nc2ccccc2Cl)cc2ccccc12. The van der Waals surface area contributed by atoms with E-state index in [0.717, 1.165) is 10.8 Å². The summed E-state index contributed by atoms with van der Waals surface area (Å²) in [7, 11) is 0. The van der Waals surface area contributed by atoms with Crippen LogP contribution in [-0.4, -0.2) is 17.0 Å². The van der Waals surface area contributed by atoms with Gasteiger partial charge in [0, 0.05) is 0 Å². The van der Waals surface area contributed by atoms with Crippen LogP contribution in [0.25, 0.3) is 10.8 Å². The molecule has 0 atom stereocenters. The highest BCUT2D eigenvalue weighted by atomic mass is 35.5. The summed E-state index contributed by atoms with van der Waals surface area (Å²) in [6.07, 6.45) is 0. The van der Waals surface area contributed by atoms with Gasteiger partial charge in [0.05, 0.1) is 16.3 Å². The second kappa shape index (κ2) is 6.83. The maximum Gasteiger partial charge on any atom is 0.326 e. The van der Waals surface area contributed by atoms with Gasteiger partial charge in [-0.2, -0.15) is 0 Å². The number of nitrogens with one attached hydrogen (secondary N) is 2. The maximum absolute atomic E-state index is 12.4. The zero-order chi connectivity index (χ0) is 18.0. The molecule has 0 aliphatic rings. The number of halogens is 1. The van der Waals surface area contributed by atoms with Crippen molar-refractivity contribution in [3.8, 4) is 5.75 Å². The van der Waals surface area contributed by atoms with Gasteiger partial charge in [0.1, 0.15) is 5.75 Å². The largest absolute Gasteiger partial charge is 0.507 e. The molecule has 3 aromatic rings. The summed E-state index contributed by atoms with van der Waals surface area (Å²) in [5.74, 6) is -0.849. The van der Waals surface area contributed by atoms with Crippen LogP contribution < -0.4 is 10.6 Å². The lowest BCUT2D eigenvalue weighted by Gasteiger charge is -2.12. The van der Waals surface area contributed by atoms with E-state index in [0.29, 0.717) is 16.3 Å². The Kier molecular flexibility index (Phi) is 4.59. The van der Waals surface area contributed by atoms with Crippen molar-refractivity contribution in [1.29, 1.82) is 0 Å². The van der Waals surface area contributed by atoms with Gasteiger partial charge in [-0.3, -0.25) is 10.1 Å². The molecule has 25 heavy (non-hydrogen) atoms. The first-order chi connectivity index (χ1) is 12.0. The van der Waals surface area contributed by atoms with Crippen molar-refractivity contribution in [2.24, 2.45) is 0 Å². The van der Waals surface area contributed by atoms with E-state index in [4.69, 9.17) is 11.6 Å². The Bertz CT molecular complexity index is 986. The van der Waals surface area contributed by atoms with Gasteiger partial charge in [0.25, 0.3) is 5.91 Å². The van der Waals surface area contributed by atoms with Gasteiger partial charge >= 0.3 is 6.03 Å². The summed E-state index contributed by atoms with van der Waals surface area (Å²) in [6.45, 7) is 1.72. The predicted octanol–water partition coefficient (Wildman–Crippen LogP) is 4.47. The summed E-state index contributed by atoms with van der Waals surface area (Å²) in [5.41, 5.74) is 0.994. The molecule has 3 amide bonds. The number of hydrogen-bond acceptors (Lipinski definition) is 3. The molecule has 0 saturated carbocycles. The minimum Gasteiger partial charge on any atom is -0.507 e. The summed E-state index contributed by atoms with van der Waals surface area (Å²) in [4.78, 5) is 24.4. The highest BCUT2D eigenvalue weighted by molar-refractivity contribution is 6.33. The van der Waals surface area contributed by atoms with Gasteiger partial charge in [-0.15, -0.1) is 0 Å². The van der Waals surface area contributed by atoms with Crippen LogP contribution in [-0.2, 0) is 0 Å². The van der Waals surface area contributed by atoms with Gasteiger partial charge < -0.3 is 10.4 Å². The van der Waals surface area contributed by atoms with Crippen molar-refractivity contribution in [2.45, 2.75) is 6.92 Å². The number of anilines is 1. The zero-order valence-corrected chi connectivity index (χ0v) is 14.1. The molecule has 126 valence electrons. The van der Waals surface area contributed by atoms with Crippen molar-refractivity contribution in [1.82, 2.24) is 5.32 Å². The lowest BCUT2D eigenvalue weighted by atomic mass is 10.00. The van der Waals surface area contributed by atoms with Crippen LogP contribution in [0.1, 0.15) is 15.9 Å². The molecule has 0 bridgehead atoms. The highest BCUT2D eigenvalue weighted by Gasteiger charge is 2.18. The fourth-order valence-electron chi connectivity index (χ4n) is 2.58. The number of aromatic hydroxyl groups is 1. The first-order valence-electron chi connectivity index (χ1n) is 7.55. The fraction of sp³-hybridized carbons (Fsp3) is 0.0526. The third-order valence-corrected chi connectivity index (χ3v) is 4.20. The van der Waals surface area contributed by atoms with Gasteiger partial charge in [0.2, 0.25) is 0 Å². The van der Waals surface area contributed by atoms with E-state index in [1.807, 2.05) is 24.3 Å². The lowest BCUT2D eigenvalue weighted by Crippen LogP contribution is -2.34. The Labute approximate surface area is 149 Å². The van der Waals surface area contributed by atoms with Crippen LogP contribution in [0.2, 0.25) is 5.02 Å². The number of benzene rings is 3. The molecule has 5 nitrogen and oxygen atoms in total. The number of phenols is 1. The van der Waals surface area contributed by atoms with Gasteiger partial charge in [-0.25, -0.2) is 4.79 Å². The first kappa shape index (κ1) is 16.8. The van der Waals surface area contributed by atoms with Gasteiger partial charge in [-0.05, 0) is 41.5 Å². The van der Waals surface area contributed by atoms with E-state index in [2.05, 4.69) is 10.6 Å². The molecular weight excluding hydrogens is 340 g/mol. The van der Waals surface area contributed by atoms with Crippen molar-refractivity contribution < 1.29 is 14.7 Å². The lowest BCUT2D eigenvalue weighted by molar-refractivity contribution is 0.0964. The smallest absolute Gasteiger partial charge is 0.326 e. The van der Waals surface area contributed by atoms with E-state index < -0.39 is 11.9 Å². The van der Waals surface area contributed by atoms with E-state index >= 15 is 0 Å². The Balaban J connectivity index is 1.84. The molecule has 0 aliphatic heterocycles. The molecule has 0 radical (unpaired) electrons. The van der Waals surface area contributed by atoms with Crippen LogP contribution in [0.15, 0.2) is 54.6 Å². The van der Waals surface area contributed by atoms with Crippen molar-refractivity contribution >= 4 is 40.0 Å². The minimum absolute atomic E-state index is 0.0329. The highest BCUT2D eigenvalue weighted by Crippen LogP contribution is 2.30. The van der Waals surface area contributed by atoms with Gasteiger partial charge in [0.15, 0.2) is 0 Å². The monoisotopic (exact) mass is 354 g/mol. The topological polar surface area (TPSA) is 78.4 Å². The molecule has 0 spiro atoms. The Morgan fingerprint density at radius 2 is 1.72 bits per heavy atom. The quantitative estimate of drug-likeness (QED) is 0.635. The standard InChI is InChI=1S/C19H15ClN2O3/c1-11-13-7-3-2-6-12(13)10-14(17(11)23)18(24)22-19(25)21-16-9-5-4-8-15(16)20/h2-10,23H,1H3,(H2,21,22,24,25). The molecule has 0 saturated heterocycles. The maximum atomic E-state index is 12.4.